The van der Waals surface area contributed by atoms with E-state index in [9.17, 15) is 0 Å². The van der Waals surface area contributed by atoms with Gasteiger partial charge < -0.3 is 5.32 Å². The third kappa shape index (κ3) is 2.33. The first-order chi connectivity index (χ1) is 9.72. The van der Waals surface area contributed by atoms with Crippen molar-refractivity contribution < 1.29 is 0 Å². The van der Waals surface area contributed by atoms with Gasteiger partial charge in [-0.3, -0.25) is 0 Å². The minimum atomic E-state index is 0.401. The molecule has 0 atom stereocenters. The SMILES string of the molecule is CCc1nc(C2Cc3ccccc3C2)nc(NC)c1Br. The van der Waals surface area contributed by atoms with E-state index in [1.54, 1.807) is 0 Å². The Morgan fingerprint density at radius 1 is 1.20 bits per heavy atom. The van der Waals surface area contributed by atoms with Gasteiger partial charge >= 0.3 is 0 Å². The normalized spacial score (nSPS) is 14.3. The molecule has 1 aromatic carbocycles. The van der Waals surface area contributed by atoms with E-state index in [4.69, 9.17) is 9.97 Å². The molecule has 2 aromatic rings. The second-order valence-corrected chi connectivity index (χ2v) is 5.96. The van der Waals surface area contributed by atoms with Gasteiger partial charge in [-0.05, 0) is 46.3 Å². The highest BCUT2D eigenvalue weighted by molar-refractivity contribution is 9.10. The minimum Gasteiger partial charge on any atom is -0.372 e. The van der Waals surface area contributed by atoms with Gasteiger partial charge in [0, 0.05) is 13.0 Å². The number of nitrogens with one attached hydrogen (secondary N) is 1. The van der Waals surface area contributed by atoms with Gasteiger partial charge in [-0.2, -0.15) is 0 Å². The molecule has 4 heteroatoms. The largest absolute Gasteiger partial charge is 0.372 e. The number of nitrogens with zero attached hydrogens (tertiary/aromatic N) is 2. The lowest BCUT2D eigenvalue weighted by molar-refractivity contribution is 0.674. The van der Waals surface area contributed by atoms with Crippen molar-refractivity contribution in [3.05, 3.63) is 51.4 Å². The molecule has 104 valence electrons. The number of aryl methyl sites for hydroxylation is 1. The van der Waals surface area contributed by atoms with E-state index in [0.717, 1.165) is 41.1 Å². The van der Waals surface area contributed by atoms with Crippen LogP contribution in [0.5, 0.6) is 0 Å². The topological polar surface area (TPSA) is 37.8 Å². The van der Waals surface area contributed by atoms with E-state index in [2.05, 4.69) is 52.4 Å². The molecule has 0 unspecified atom stereocenters. The molecule has 20 heavy (non-hydrogen) atoms. The summed E-state index contributed by atoms with van der Waals surface area (Å²) < 4.78 is 0.988. The van der Waals surface area contributed by atoms with E-state index < -0.39 is 0 Å². The van der Waals surface area contributed by atoms with E-state index >= 15 is 0 Å². The molecule has 0 radical (unpaired) electrons. The Bertz CT molecular complexity index is 589. The van der Waals surface area contributed by atoms with Crippen LogP contribution in [0.3, 0.4) is 0 Å². The number of rotatable bonds is 3. The van der Waals surface area contributed by atoms with Crippen LogP contribution in [0, 0.1) is 0 Å². The highest BCUT2D eigenvalue weighted by Crippen LogP contribution is 2.34. The Labute approximate surface area is 128 Å². The summed E-state index contributed by atoms with van der Waals surface area (Å²) in [6.07, 6.45) is 3.00. The second-order valence-electron chi connectivity index (χ2n) is 5.17. The van der Waals surface area contributed by atoms with E-state index in [0.29, 0.717) is 5.92 Å². The molecule has 1 aliphatic rings. The van der Waals surface area contributed by atoms with Crippen molar-refractivity contribution in [2.75, 3.05) is 12.4 Å². The first-order valence-corrected chi connectivity index (χ1v) is 7.83. The van der Waals surface area contributed by atoms with Gasteiger partial charge in [0.1, 0.15) is 11.6 Å². The first kappa shape index (κ1) is 13.6. The van der Waals surface area contributed by atoms with Crippen LogP contribution in [0.4, 0.5) is 5.82 Å². The molecule has 1 N–H and O–H groups in total. The van der Waals surface area contributed by atoms with Crippen molar-refractivity contribution in [2.24, 2.45) is 0 Å². The maximum absolute atomic E-state index is 4.77. The zero-order valence-electron chi connectivity index (χ0n) is 11.8. The number of aromatic nitrogens is 2. The van der Waals surface area contributed by atoms with Gasteiger partial charge in [-0.1, -0.05) is 31.2 Å². The average molecular weight is 332 g/mol. The summed E-state index contributed by atoms with van der Waals surface area (Å²) in [6.45, 7) is 2.12. The molecule has 1 aromatic heterocycles. The van der Waals surface area contributed by atoms with Crippen molar-refractivity contribution in [3.63, 3.8) is 0 Å². The molecule has 0 spiro atoms. The minimum absolute atomic E-state index is 0.401. The molecule has 0 saturated carbocycles. The van der Waals surface area contributed by atoms with Crippen molar-refractivity contribution in [1.82, 2.24) is 9.97 Å². The fourth-order valence-electron chi connectivity index (χ4n) is 2.84. The maximum Gasteiger partial charge on any atom is 0.144 e. The quantitative estimate of drug-likeness (QED) is 0.931. The van der Waals surface area contributed by atoms with Crippen molar-refractivity contribution in [2.45, 2.75) is 32.1 Å². The zero-order valence-corrected chi connectivity index (χ0v) is 13.4. The summed E-state index contributed by atoms with van der Waals surface area (Å²) in [6, 6.07) is 8.65. The Hall–Kier alpha value is -1.42. The summed E-state index contributed by atoms with van der Waals surface area (Å²) in [5, 5.41) is 3.16. The lowest BCUT2D eigenvalue weighted by Gasteiger charge is -2.13. The van der Waals surface area contributed by atoms with Crippen LogP contribution in [-0.2, 0) is 19.3 Å². The van der Waals surface area contributed by atoms with Crippen molar-refractivity contribution in [3.8, 4) is 0 Å². The molecule has 0 bridgehead atoms. The smallest absolute Gasteiger partial charge is 0.144 e. The van der Waals surface area contributed by atoms with Crippen molar-refractivity contribution >= 4 is 21.7 Å². The van der Waals surface area contributed by atoms with Crippen LogP contribution in [0.2, 0.25) is 0 Å². The average Bonchev–Trinajstić information content (AvgIpc) is 2.91. The molecular weight excluding hydrogens is 314 g/mol. The molecule has 0 amide bonds. The molecular formula is C16H18BrN3. The third-order valence-corrected chi connectivity index (χ3v) is 4.76. The van der Waals surface area contributed by atoms with Crippen molar-refractivity contribution in [1.29, 1.82) is 0 Å². The van der Waals surface area contributed by atoms with Gasteiger partial charge in [0.2, 0.25) is 0 Å². The Kier molecular flexibility index (Phi) is 3.74. The van der Waals surface area contributed by atoms with Gasteiger partial charge in [0.15, 0.2) is 0 Å². The van der Waals surface area contributed by atoms with Gasteiger partial charge in [-0.25, -0.2) is 9.97 Å². The summed E-state index contributed by atoms with van der Waals surface area (Å²) in [4.78, 5) is 9.46. The molecule has 0 aliphatic heterocycles. The number of anilines is 1. The zero-order chi connectivity index (χ0) is 14.1. The highest BCUT2D eigenvalue weighted by atomic mass is 79.9. The number of hydrogen-bond acceptors (Lipinski definition) is 3. The first-order valence-electron chi connectivity index (χ1n) is 7.03. The van der Waals surface area contributed by atoms with Crippen LogP contribution in [-0.4, -0.2) is 17.0 Å². The summed E-state index contributed by atoms with van der Waals surface area (Å²) >= 11 is 3.59. The van der Waals surface area contributed by atoms with Crippen LogP contribution in [0.1, 0.15) is 35.5 Å². The van der Waals surface area contributed by atoms with Gasteiger partial charge in [0.25, 0.3) is 0 Å². The molecule has 3 rings (SSSR count). The molecule has 0 saturated heterocycles. The second kappa shape index (κ2) is 5.52. The molecule has 1 aliphatic carbocycles. The van der Waals surface area contributed by atoms with E-state index in [1.807, 2.05) is 7.05 Å². The molecule has 1 heterocycles. The monoisotopic (exact) mass is 331 g/mol. The Morgan fingerprint density at radius 3 is 2.40 bits per heavy atom. The highest BCUT2D eigenvalue weighted by Gasteiger charge is 2.26. The maximum atomic E-state index is 4.77. The van der Waals surface area contributed by atoms with E-state index in [1.165, 1.54) is 11.1 Å². The molecule has 0 fully saturated rings. The number of halogens is 1. The van der Waals surface area contributed by atoms with E-state index in [-0.39, 0.29) is 0 Å². The lowest BCUT2D eigenvalue weighted by atomic mass is 10.1. The van der Waals surface area contributed by atoms with Gasteiger partial charge in [0.05, 0.1) is 10.2 Å². The summed E-state index contributed by atoms with van der Waals surface area (Å²) in [5.41, 5.74) is 3.96. The number of benzene rings is 1. The van der Waals surface area contributed by atoms with Gasteiger partial charge in [-0.15, -0.1) is 0 Å². The van der Waals surface area contributed by atoms with Crippen LogP contribution in [0.15, 0.2) is 28.7 Å². The number of fused-ring (bicyclic) bond motifs is 1. The molecule has 3 nitrogen and oxygen atoms in total. The Morgan fingerprint density at radius 2 is 1.85 bits per heavy atom. The lowest BCUT2D eigenvalue weighted by Crippen LogP contribution is -2.10. The predicted octanol–water partition coefficient (Wildman–Crippen LogP) is 3.73. The summed E-state index contributed by atoms with van der Waals surface area (Å²) in [7, 11) is 1.90. The standard InChI is InChI=1S/C16H18BrN3/c1-3-13-14(17)16(18-2)20-15(19-13)12-8-10-6-4-5-7-11(10)9-12/h4-7,12H,3,8-9H2,1-2H3,(H,18,19,20). The van der Waals surface area contributed by atoms with Crippen LogP contribution in [0.25, 0.3) is 0 Å². The third-order valence-electron chi connectivity index (χ3n) is 3.92. The van der Waals surface area contributed by atoms with Crippen LogP contribution >= 0.6 is 15.9 Å². The predicted molar refractivity (Wildman–Crippen MR) is 85.2 cm³/mol. The fourth-order valence-corrected chi connectivity index (χ4v) is 3.49. The van der Waals surface area contributed by atoms with Crippen LogP contribution < -0.4 is 5.32 Å². The number of hydrogen-bond donors (Lipinski definition) is 1. The Balaban J connectivity index is 1.96. The summed E-state index contributed by atoms with van der Waals surface area (Å²) in [5.74, 6) is 2.26. The fraction of sp³-hybridized carbons (Fsp3) is 0.375.